The fourth-order valence-electron chi connectivity index (χ4n) is 1.66. The molecule has 0 saturated heterocycles. The molecule has 0 aliphatic rings. The first kappa shape index (κ1) is 12.0. The van der Waals surface area contributed by atoms with Crippen molar-refractivity contribution < 1.29 is 4.74 Å². The Labute approximate surface area is 91.4 Å². The average molecular weight is 211 g/mol. The van der Waals surface area contributed by atoms with Crippen molar-refractivity contribution in [1.82, 2.24) is 10.2 Å². The highest BCUT2D eigenvalue weighted by Crippen LogP contribution is 2.18. The lowest BCUT2D eigenvalue weighted by atomic mass is 10.1. The van der Waals surface area contributed by atoms with Crippen LogP contribution in [0.1, 0.15) is 31.5 Å². The minimum Gasteiger partial charge on any atom is -0.383 e. The molecule has 0 fully saturated rings. The van der Waals surface area contributed by atoms with Gasteiger partial charge in [0.05, 0.1) is 6.61 Å². The molecule has 1 rings (SSSR count). The molecule has 0 spiro atoms. The summed E-state index contributed by atoms with van der Waals surface area (Å²) in [7, 11) is 1.70. The standard InChI is InChI=1S/C11H21N3O/c1-4-6-10-9(5-2)11(14-13-10)12-7-8-15-3/h4-8H2,1-3H3,(H2,12,13,14). The summed E-state index contributed by atoms with van der Waals surface area (Å²) in [5.41, 5.74) is 2.58. The van der Waals surface area contributed by atoms with E-state index in [2.05, 4.69) is 29.4 Å². The quantitative estimate of drug-likeness (QED) is 0.678. The lowest BCUT2D eigenvalue weighted by Gasteiger charge is -2.05. The van der Waals surface area contributed by atoms with Gasteiger partial charge in [0.15, 0.2) is 5.82 Å². The molecular formula is C11H21N3O. The minimum absolute atomic E-state index is 0.707. The van der Waals surface area contributed by atoms with Crippen molar-refractivity contribution in [2.24, 2.45) is 0 Å². The second-order valence-electron chi connectivity index (χ2n) is 3.55. The molecule has 0 atom stereocenters. The molecule has 0 saturated carbocycles. The third-order valence-electron chi connectivity index (χ3n) is 2.40. The zero-order valence-corrected chi connectivity index (χ0v) is 9.89. The number of H-pyrrole nitrogens is 1. The third kappa shape index (κ3) is 3.23. The minimum atomic E-state index is 0.707. The van der Waals surface area contributed by atoms with E-state index in [0.29, 0.717) is 6.61 Å². The SMILES string of the molecule is CCCc1[nH]nc(NCCOC)c1CC. The number of hydrogen-bond acceptors (Lipinski definition) is 3. The van der Waals surface area contributed by atoms with Crippen LogP contribution in [-0.2, 0) is 17.6 Å². The first-order valence-electron chi connectivity index (χ1n) is 5.62. The van der Waals surface area contributed by atoms with E-state index in [9.17, 15) is 0 Å². The van der Waals surface area contributed by atoms with Gasteiger partial charge in [0, 0.05) is 24.9 Å². The molecule has 1 aromatic heterocycles. The maximum Gasteiger partial charge on any atom is 0.151 e. The number of aryl methyl sites for hydroxylation is 1. The molecule has 4 nitrogen and oxygen atoms in total. The molecule has 86 valence electrons. The molecule has 15 heavy (non-hydrogen) atoms. The normalized spacial score (nSPS) is 10.6. The van der Waals surface area contributed by atoms with Crippen LogP contribution in [0.15, 0.2) is 0 Å². The number of ether oxygens (including phenoxy) is 1. The fraction of sp³-hybridized carbons (Fsp3) is 0.727. The van der Waals surface area contributed by atoms with Gasteiger partial charge in [-0.2, -0.15) is 5.10 Å². The molecule has 0 aliphatic carbocycles. The number of anilines is 1. The Hall–Kier alpha value is -1.03. The third-order valence-corrected chi connectivity index (χ3v) is 2.40. The van der Waals surface area contributed by atoms with E-state index in [-0.39, 0.29) is 0 Å². The first-order valence-corrected chi connectivity index (χ1v) is 5.62. The van der Waals surface area contributed by atoms with Crippen molar-refractivity contribution in [2.75, 3.05) is 25.6 Å². The molecule has 1 aromatic rings. The summed E-state index contributed by atoms with van der Waals surface area (Å²) in [6.07, 6.45) is 3.23. The maximum atomic E-state index is 4.99. The highest BCUT2D eigenvalue weighted by atomic mass is 16.5. The topological polar surface area (TPSA) is 49.9 Å². The Kier molecular flexibility index (Phi) is 5.18. The van der Waals surface area contributed by atoms with E-state index in [1.54, 1.807) is 7.11 Å². The predicted molar refractivity (Wildman–Crippen MR) is 62.3 cm³/mol. The molecule has 0 amide bonds. The van der Waals surface area contributed by atoms with Crippen molar-refractivity contribution in [1.29, 1.82) is 0 Å². The molecule has 1 heterocycles. The van der Waals surface area contributed by atoms with Gasteiger partial charge in [-0.1, -0.05) is 20.3 Å². The van der Waals surface area contributed by atoms with E-state index in [4.69, 9.17) is 4.74 Å². The molecule has 0 unspecified atom stereocenters. The fourth-order valence-corrected chi connectivity index (χ4v) is 1.66. The molecular weight excluding hydrogens is 190 g/mol. The second kappa shape index (κ2) is 6.45. The summed E-state index contributed by atoms with van der Waals surface area (Å²) >= 11 is 0. The molecule has 0 aromatic carbocycles. The largest absolute Gasteiger partial charge is 0.383 e. The lowest BCUT2D eigenvalue weighted by Crippen LogP contribution is -2.09. The van der Waals surface area contributed by atoms with E-state index >= 15 is 0 Å². The lowest BCUT2D eigenvalue weighted by molar-refractivity contribution is 0.210. The number of nitrogens with one attached hydrogen (secondary N) is 2. The molecule has 4 heteroatoms. The van der Waals surface area contributed by atoms with Gasteiger partial charge in [0.25, 0.3) is 0 Å². The summed E-state index contributed by atoms with van der Waals surface area (Å²) in [5.74, 6) is 0.984. The van der Waals surface area contributed by atoms with Crippen LogP contribution < -0.4 is 5.32 Å². The second-order valence-corrected chi connectivity index (χ2v) is 3.55. The van der Waals surface area contributed by atoms with Crippen LogP contribution in [0.25, 0.3) is 0 Å². The average Bonchev–Trinajstić information content (AvgIpc) is 2.62. The summed E-state index contributed by atoms with van der Waals surface area (Å²) in [5, 5.41) is 10.7. The summed E-state index contributed by atoms with van der Waals surface area (Å²) < 4.78 is 4.99. The number of rotatable bonds is 7. The van der Waals surface area contributed by atoms with Crippen molar-refractivity contribution in [3.05, 3.63) is 11.3 Å². The first-order chi connectivity index (χ1) is 7.33. The van der Waals surface area contributed by atoms with Crippen LogP contribution in [0.3, 0.4) is 0 Å². The number of aromatic nitrogens is 2. The molecule has 2 N–H and O–H groups in total. The predicted octanol–water partition coefficient (Wildman–Crippen LogP) is 1.98. The van der Waals surface area contributed by atoms with Gasteiger partial charge in [-0.15, -0.1) is 0 Å². The Morgan fingerprint density at radius 1 is 1.40 bits per heavy atom. The van der Waals surface area contributed by atoms with Crippen LogP contribution in [0.2, 0.25) is 0 Å². The molecule has 0 bridgehead atoms. The van der Waals surface area contributed by atoms with E-state index in [1.165, 1.54) is 11.3 Å². The number of aromatic amines is 1. The molecule has 0 radical (unpaired) electrons. The number of hydrogen-bond donors (Lipinski definition) is 2. The van der Waals surface area contributed by atoms with Gasteiger partial charge in [-0.25, -0.2) is 0 Å². The molecule has 0 aliphatic heterocycles. The van der Waals surface area contributed by atoms with Crippen LogP contribution in [0.5, 0.6) is 0 Å². The zero-order chi connectivity index (χ0) is 11.1. The monoisotopic (exact) mass is 211 g/mol. The number of nitrogens with zero attached hydrogens (tertiary/aromatic N) is 1. The Balaban J connectivity index is 2.62. The number of methoxy groups -OCH3 is 1. The van der Waals surface area contributed by atoms with Crippen LogP contribution in [0.4, 0.5) is 5.82 Å². The Morgan fingerprint density at radius 2 is 2.20 bits per heavy atom. The van der Waals surface area contributed by atoms with Gasteiger partial charge in [-0.3, -0.25) is 5.10 Å². The summed E-state index contributed by atoms with van der Waals surface area (Å²) in [4.78, 5) is 0. The van der Waals surface area contributed by atoms with Crippen molar-refractivity contribution >= 4 is 5.82 Å². The smallest absolute Gasteiger partial charge is 0.151 e. The summed E-state index contributed by atoms with van der Waals surface area (Å²) in [6, 6.07) is 0. The summed E-state index contributed by atoms with van der Waals surface area (Å²) in [6.45, 7) is 5.85. The zero-order valence-electron chi connectivity index (χ0n) is 9.89. The van der Waals surface area contributed by atoms with Crippen LogP contribution >= 0.6 is 0 Å². The van der Waals surface area contributed by atoms with E-state index in [1.807, 2.05) is 0 Å². The van der Waals surface area contributed by atoms with Gasteiger partial charge in [0.1, 0.15) is 0 Å². The van der Waals surface area contributed by atoms with Gasteiger partial charge in [-0.05, 0) is 12.8 Å². The van der Waals surface area contributed by atoms with Crippen LogP contribution in [0, 0.1) is 0 Å². The maximum absolute atomic E-state index is 4.99. The van der Waals surface area contributed by atoms with Crippen molar-refractivity contribution in [2.45, 2.75) is 33.1 Å². The van der Waals surface area contributed by atoms with Gasteiger partial charge >= 0.3 is 0 Å². The Bertz CT molecular complexity index is 283. The van der Waals surface area contributed by atoms with Crippen LogP contribution in [-0.4, -0.2) is 30.5 Å². The highest BCUT2D eigenvalue weighted by molar-refractivity contribution is 5.46. The van der Waals surface area contributed by atoms with Crippen molar-refractivity contribution in [3.63, 3.8) is 0 Å². The highest BCUT2D eigenvalue weighted by Gasteiger charge is 2.09. The Morgan fingerprint density at radius 3 is 2.80 bits per heavy atom. The van der Waals surface area contributed by atoms with Gasteiger partial charge < -0.3 is 10.1 Å². The van der Waals surface area contributed by atoms with Crippen molar-refractivity contribution in [3.8, 4) is 0 Å². The van der Waals surface area contributed by atoms with E-state index in [0.717, 1.165) is 31.6 Å². The van der Waals surface area contributed by atoms with Gasteiger partial charge in [0.2, 0.25) is 0 Å². The van der Waals surface area contributed by atoms with E-state index < -0.39 is 0 Å².